The van der Waals surface area contributed by atoms with Crippen molar-refractivity contribution in [1.82, 2.24) is 0 Å². The number of rotatable bonds is 3. The van der Waals surface area contributed by atoms with Crippen LogP contribution in [0.1, 0.15) is 12.5 Å². The lowest BCUT2D eigenvalue weighted by atomic mass is 10.1. The molecule has 1 aromatic rings. The molecule has 0 aromatic heterocycles. The van der Waals surface area contributed by atoms with Crippen molar-refractivity contribution in [3.05, 3.63) is 28.8 Å². The van der Waals surface area contributed by atoms with E-state index in [0.717, 1.165) is 23.1 Å². The van der Waals surface area contributed by atoms with Gasteiger partial charge in [-0.15, -0.1) is 0 Å². The van der Waals surface area contributed by atoms with E-state index in [2.05, 4.69) is 5.32 Å². The summed E-state index contributed by atoms with van der Waals surface area (Å²) < 4.78 is 43.4. The summed E-state index contributed by atoms with van der Waals surface area (Å²) in [6, 6.07) is 2.47. The molecule has 1 aliphatic heterocycles. The maximum absolute atomic E-state index is 12.7. The van der Waals surface area contributed by atoms with Crippen molar-refractivity contribution in [2.24, 2.45) is 0 Å². The van der Waals surface area contributed by atoms with Gasteiger partial charge in [0.2, 0.25) is 0 Å². The molecule has 1 heterocycles. The summed E-state index contributed by atoms with van der Waals surface area (Å²) in [6.45, 7) is 4.24. The Bertz CT molecular complexity index is 545. The SMILES string of the molecule is C[C@@H](C(=O)Nc1cc(C(F)(F)F)ccc1Cl)[NH+]1CCOCC1. The van der Waals surface area contributed by atoms with E-state index < -0.39 is 17.8 Å². The predicted molar refractivity (Wildman–Crippen MR) is 76.1 cm³/mol. The largest absolute Gasteiger partial charge is 0.416 e. The summed E-state index contributed by atoms with van der Waals surface area (Å²) in [5.74, 6) is -0.363. The van der Waals surface area contributed by atoms with E-state index in [1.165, 1.54) is 0 Å². The molecule has 0 spiro atoms. The summed E-state index contributed by atoms with van der Waals surface area (Å²) in [5, 5.41) is 2.56. The number of carbonyl (C=O) groups is 1. The minimum atomic E-state index is -4.48. The quantitative estimate of drug-likeness (QED) is 0.880. The number of alkyl halides is 3. The third-order valence-electron chi connectivity index (χ3n) is 3.69. The van der Waals surface area contributed by atoms with E-state index in [1.54, 1.807) is 6.92 Å². The molecule has 1 saturated heterocycles. The maximum Gasteiger partial charge on any atom is 0.416 e. The predicted octanol–water partition coefficient (Wildman–Crippen LogP) is 1.60. The number of quaternary nitrogens is 1. The van der Waals surface area contributed by atoms with Crippen LogP contribution in [0, 0.1) is 0 Å². The Morgan fingerprint density at radius 2 is 2.00 bits per heavy atom. The monoisotopic (exact) mass is 337 g/mol. The highest BCUT2D eigenvalue weighted by Gasteiger charge is 2.32. The molecule has 22 heavy (non-hydrogen) atoms. The number of nitrogens with one attached hydrogen (secondary N) is 2. The van der Waals surface area contributed by atoms with E-state index >= 15 is 0 Å². The van der Waals surface area contributed by atoms with Crippen LogP contribution in [0.15, 0.2) is 18.2 Å². The number of carbonyl (C=O) groups excluding carboxylic acids is 1. The van der Waals surface area contributed by atoms with Gasteiger partial charge in [-0.25, -0.2) is 0 Å². The van der Waals surface area contributed by atoms with Gasteiger partial charge in [-0.2, -0.15) is 13.2 Å². The molecule has 2 rings (SSSR count). The number of hydrogen-bond acceptors (Lipinski definition) is 2. The second kappa shape index (κ2) is 6.85. The van der Waals surface area contributed by atoms with E-state index in [-0.39, 0.29) is 16.6 Å². The van der Waals surface area contributed by atoms with Crippen LogP contribution >= 0.6 is 11.6 Å². The maximum atomic E-state index is 12.7. The highest BCUT2D eigenvalue weighted by atomic mass is 35.5. The molecule has 1 fully saturated rings. The fourth-order valence-corrected chi connectivity index (χ4v) is 2.46. The smallest absolute Gasteiger partial charge is 0.370 e. The first-order chi connectivity index (χ1) is 10.3. The van der Waals surface area contributed by atoms with Gasteiger partial charge in [0.25, 0.3) is 5.91 Å². The van der Waals surface area contributed by atoms with Crippen LogP contribution in [0.3, 0.4) is 0 Å². The fourth-order valence-electron chi connectivity index (χ4n) is 2.29. The van der Waals surface area contributed by atoms with Crippen LogP contribution in [0.2, 0.25) is 5.02 Å². The van der Waals surface area contributed by atoms with Crippen LogP contribution in [0.25, 0.3) is 0 Å². The first kappa shape index (κ1) is 17.1. The van der Waals surface area contributed by atoms with Crippen LogP contribution < -0.4 is 10.2 Å². The Labute approximate surface area is 131 Å². The zero-order valence-corrected chi connectivity index (χ0v) is 12.7. The summed E-state index contributed by atoms with van der Waals surface area (Å²) in [4.78, 5) is 13.2. The molecule has 4 nitrogen and oxygen atoms in total. The number of ether oxygens (including phenoxy) is 1. The lowest BCUT2D eigenvalue weighted by molar-refractivity contribution is -0.921. The molecule has 2 N–H and O–H groups in total. The molecule has 0 aliphatic carbocycles. The van der Waals surface area contributed by atoms with E-state index in [0.29, 0.717) is 26.3 Å². The van der Waals surface area contributed by atoms with Crippen molar-refractivity contribution < 1.29 is 27.6 Å². The van der Waals surface area contributed by atoms with E-state index in [1.807, 2.05) is 0 Å². The lowest BCUT2D eigenvalue weighted by Crippen LogP contribution is -3.18. The Kier molecular flexibility index (Phi) is 5.31. The average Bonchev–Trinajstić information content (AvgIpc) is 2.48. The summed E-state index contributed by atoms with van der Waals surface area (Å²) in [6.07, 6.45) is -4.48. The van der Waals surface area contributed by atoms with Gasteiger partial charge in [0.05, 0.1) is 29.5 Å². The second-order valence-electron chi connectivity index (χ2n) is 5.17. The number of hydrogen-bond donors (Lipinski definition) is 2. The van der Waals surface area contributed by atoms with Crippen LogP contribution in [-0.4, -0.2) is 38.3 Å². The first-order valence-corrected chi connectivity index (χ1v) is 7.27. The highest BCUT2D eigenvalue weighted by Crippen LogP contribution is 2.33. The molecular weight excluding hydrogens is 321 g/mol. The standard InChI is InChI=1S/C14H16ClF3N2O2/c1-9(20-4-6-22-7-5-20)13(21)19-12-8-10(14(16,17)18)2-3-11(12)15/h2-3,8-9H,4-7H2,1H3,(H,19,21)/p+1/t9-/m0/s1. The molecule has 1 aromatic carbocycles. The summed E-state index contributed by atoms with van der Waals surface area (Å²) >= 11 is 5.87. The van der Waals surface area contributed by atoms with E-state index in [9.17, 15) is 18.0 Å². The molecule has 0 bridgehead atoms. The molecule has 1 atom stereocenters. The fraction of sp³-hybridized carbons (Fsp3) is 0.500. The van der Waals surface area contributed by atoms with E-state index in [4.69, 9.17) is 16.3 Å². The number of anilines is 1. The van der Waals surface area contributed by atoms with Crippen molar-refractivity contribution >= 4 is 23.2 Å². The molecule has 122 valence electrons. The zero-order chi connectivity index (χ0) is 16.3. The van der Waals surface area contributed by atoms with Crippen molar-refractivity contribution in [1.29, 1.82) is 0 Å². The van der Waals surface area contributed by atoms with Gasteiger partial charge in [0.1, 0.15) is 13.1 Å². The van der Waals surface area contributed by atoms with Crippen molar-refractivity contribution in [2.45, 2.75) is 19.1 Å². The van der Waals surface area contributed by atoms with Crippen LogP contribution in [0.5, 0.6) is 0 Å². The Balaban J connectivity index is 2.10. The Morgan fingerprint density at radius 3 is 2.59 bits per heavy atom. The second-order valence-corrected chi connectivity index (χ2v) is 5.58. The topological polar surface area (TPSA) is 42.8 Å². The summed E-state index contributed by atoms with van der Waals surface area (Å²) in [7, 11) is 0. The molecule has 8 heteroatoms. The van der Waals surface area contributed by atoms with Crippen LogP contribution in [0.4, 0.5) is 18.9 Å². The molecule has 1 amide bonds. The molecule has 1 aliphatic rings. The van der Waals surface area contributed by atoms with Gasteiger partial charge < -0.3 is 15.0 Å². The summed E-state index contributed by atoms with van der Waals surface area (Å²) in [5.41, 5.74) is -0.875. The molecule has 0 unspecified atom stereocenters. The zero-order valence-electron chi connectivity index (χ0n) is 12.0. The van der Waals surface area contributed by atoms with Gasteiger partial charge in [0, 0.05) is 0 Å². The average molecular weight is 338 g/mol. The molecule has 0 saturated carbocycles. The normalized spacial score (nSPS) is 18.0. The Hall–Kier alpha value is -1.31. The number of halogens is 4. The van der Waals surface area contributed by atoms with Gasteiger partial charge in [-0.1, -0.05) is 11.6 Å². The van der Waals surface area contributed by atoms with Gasteiger partial charge in [-0.05, 0) is 25.1 Å². The number of morpholine rings is 1. The lowest BCUT2D eigenvalue weighted by Gasteiger charge is -2.28. The minimum Gasteiger partial charge on any atom is -0.370 e. The van der Waals surface area contributed by atoms with Gasteiger partial charge >= 0.3 is 6.18 Å². The first-order valence-electron chi connectivity index (χ1n) is 6.89. The molecule has 0 radical (unpaired) electrons. The number of benzene rings is 1. The van der Waals surface area contributed by atoms with Crippen molar-refractivity contribution in [3.63, 3.8) is 0 Å². The Morgan fingerprint density at radius 1 is 1.36 bits per heavy atom. The highest BCUT2D eigenvalue weighted by molar-refractivity contribution is 6.33. The van der Waals surface area contributed by atoms with Crippen LogP contribution in [-0.2, 0) is 15.7 Å². The number of amides is 1. The third-order valence-corrected chi connectivity index (χ3v) is 4.02. The van der Waals surface area contributed by atoms with Gasteiger partial charge in [0.15, 0.2) is 6.04 Å². The molecular formula is C14H17ClF3N2O2+. The third kappa shape index (κ3) is 4.12. The van der Waals surface area contributed by atoms with Crippen molar-refractivity contribution in [2.75, 3.05) is 31.6 Å². The van der Waals surface area contributed by atoms with Gasteiger partial charge in [-0.3, -0.25) is 4.79 Å². The minimum absolute atomic E-state index is 0.0269. The van der Waals surface area contributed by atoms with Crippen molar-refractivity contribution in [3.8, 4) is 0 Å².